The van der Waals surface area contributed by atoms with Gasteiger partial charge >= 0.3 is 0 Å². The molecule has 8 nitrogen and oxygen atoms in total. The Hall–Kier alpha value is -2.65. The van der Waals surface area contributed by atoms with E-state index in [0.29, 0.717) is 17.4 Å². The molecule has 2 aliphatic heterocycles. The Morgan fingerprint density at radius 1 is 1.30 bits per heavy atom. The molecule has 0 aliphatic carbocycles. The van der Waals surface area contributed by atoms with Gasteiger partial charge < -0.3 is 9.42 Å². The van der Waals surface area contributed by atoms with E-state index in [0.717, 1.165) is 31.6 Å². The van der Waals surface area contributed by atoms with Crippen molar-refractivity contribution in [2.24, 2.45) is 5.41 Å². The van der Waals surface area contributed by atoms with E-state index in [1.54, 1.807) is 23.3 Å². The Morgan fingerprint density at radius 2 is 2.11 bits per heavy atom. The van der Waals surface area contributed by atoms with Crippen molar-refractivity contribution in [3.8, 4) is 11.4 Å². The predicted octanol–water partition coefficient (Wildman–Crippen LogP) is 2.11. The molecule has 0 radical (unpaired) electrons. The van der Waals surface area contributed by atoms with E-state index in [4.69, 9.17) is 4.52 Å². The molecule has 2 aliphatic rings. The summed E-state index contributed by atoms with van der Waals surface area (Å²) in [6.45, 7) is 2.40. The van der Waals surface area contributed by atoms with Gasteiger partial charge in [0.15, 0.2) is 0 Å². The van der Waals surface area contributed by atoms with E-state index in [2.05, 4.69) is 32.1 Å². The normalized spacial score (nSPS) is 21.5. The lowest BCUT2D eigenvalue weighted by atomic mass is 9.77. The van der Waals surface area contributed by atoms with Gasteiger partial charge in [-0.3, -0.25) is 14.7 Å². The third-order valence-corrected chi connectivity index (χ3v) is 5.99. The van der Waals surface area contributed by atoms with E-state index >= 15 is 0 Å². The van der Waals surface area contributed by atoms with Crippen LogP contribution in [0.1, 0.15) is 28.8 Å². The fraction of sp³-hybridized carbons (Fsp3) is 0.389. The zero-order valence-corrected chi connectivity index (χ0v) is 15.6. The van der Waals surface area contributed by atoms with Crippen molar-refractivity contribution in [1.29, 1.82) is 0 Å². The standard InChI is InChI=1S/C18H18N6O2S/c1-23-8-18(9-24(10-18)17(25)13-7-27-11-20-13)6-14(23)16-21-15(22-26-16)12-2-4-19-5-3-12/h2-5,7,11,14H,6,8-10H2,1H3. The van der Waals surface area contributed by atoms with Gasteiger partial charge in [-0.15, -0.1) is 11.3 Å². The van der Waals surface area contributed by atoms with Gasteiger partial charge in [-0.1, -0.05) is 5.16 Å². The molecule has 5 rings (SSSR count). The summed E-state index contributed by atoms with van der Waals surface area (Å²) in [5, 5.41) is 5.92. The first kappa shape index (κ1) is 16.5. The summed E-state index contributed by atoms with van der Waals surface area (Å²) >= 11 is 1.44. The molecule has 3 aromatic heterocycles. The summed E-state index contributed by atoms with van der Waals surface area (Å²) in [6.07, 6.45) is 4.33. The van der Waals surface area contributed by atoms with E-state index in [1.807, 2.05) is 17.0 Å². The van der Waals surface area contributed by atoms with E-state index < -0.39 is 0 Å². The largest absolute Gasteiger partial charge is 0.337 e. The van der Waals surface area contributed by atoms with Crippen LogP contribution in [-0.4, -0.2) is 62.5 Å². The highest BCUT2D eigenvalue weighted by Gasteiger charge is 2.53. The Morgan fingerprint density at radius 3 is 2.85 bits per heavy atom. The summed E-state index contributed by atoms with van der Waals surface area (Å²) < 4.78 is 5.56. The molecule has 0 N–H and O–H groups in total. The van der Waals surface area contributed by atoms with Crippen LogP contribution in [0.15, 0.2) is 39.9 Å². The van der Waals surface area contributed by atoms with Crippen molar-refractivity contribution in [2.75, 3.05) is 26.7 Å². The maximum absolute atomic E-state index is 12.4. The van der Waals surface area contributed by atoms with Gasteiger partial charge in [0.2, 0.25) is 11.7 Å². The lowest BCUT2D eigenvalue weighted by Crippen LogP contribution is -2.59. The molecule has 0 bridgehead atoms. The fourth-order valence-corrected chi connectivity index (χ4v) is 4.68. The first-order valence-electron chi connectivity index (χ1n) is 8.75. The van der Waals surface area contributed by atoms with Gasteiger partial charge in [0.25, 0.3) is 5.91 Å². The molecule has 0 aromatic carbocycles. The van der Waals surface area contributed by atoms with Gasteiger partial charge in [-0.25, -0.2) is 4.98 Å². The molecule has 9 heteroatoms. The first-order valence-corrected chi connectivity index (χ1v) is 9.70. The van der Waals surface area contributed by atoms with Gasteiger partial charge in [0.05, 0.1) is 11.6 Å². The number of likely N-dealkylation sites (tertiary alicyclic amines) is 2. The Kier molecular flexibility index (Phi) is 3.80. The second-order valence-electron chi connectivity index (χ2n) is 7.36. The van der Waals surface area contributed by atoms with Crippen LogP contribution in [0.25, 0.3) is 11.4 Å². The van der Waals surface area contributed by atoms with Crippen molar-refractivity contribution in [3.63, 3.8) is 0 Å². The van der Waals surface area contributed by atoms with Crippen LogP contribution in [-0.2, 0) is 0 Å². The SMILES string of the molecule is CN1CC2(CC1c1nc(-c3ccncc3)no1)CN(C(=O)c1cscn1)C2. The molecule has 1 amide bonds. The second kappa shape index (κ2) is 6.21. The number of amides is 1. The number of hydrogen-bond acceptors (Lipinski definition) is 8. The number of thiazole rings is 1. The third kappa shape index (κ3) is 2.83. The van der Waals surface area contributed by atoms with E-state index in [-0.39, 0.29) is 17.4 Å². The quantitative estimate of drug-likeness (QED) is 0.685. The molecule has 27 heavy (non-hydrogen) atoms. The van der Waals surface area contributed by atoms with E-state index in [1.165, 1.54) is 11.3 Å². The van der Waals surface area contributed by atoms with Crippen LogP contribution < -0.4 is 0 Å². The highest BCUT2D eigenvalue weighted by molar-refractivity contribution is 7.07. The van der Waals surface area contributed by atoms with Crippen molar-refractivity contribution in [3.05, 3.63) is 47.0 Å². The van der Waals surface area contributed by atoms with Crippen LogP contribution >= 0.6 is 11.3 Å². The zero-order valence-electron chi connectivity index (χ0n) is 14.8. The number of nitrogens with zero attached hydrogens (tertiary/aromatic N) is 6. The van der Waals surface area contributed by atoms with Crippen molar-refractivity contribution < 1.29 is 9.32 Å². The molecule has 1 unspecified atom stereocenters. The Labute approximate surface area is 159 Å². The molecule has 3 aromatic rings. The minimum absolute atomic E-state index is 0.0192. The Balaban J connectivity index is 1.29. The molecule has 1 atom stereocenters. The number of pyridine rings is 1. The molecule has 5 heterocycles. The summed E-state index contributed by atoms with van der Waals surface area (Å²) in [7, 11) is 2.07. The van der Waals surface area contributed by atoms with Crippen LogP contribution in [0.4, 0.5) is 0 Å². The maximum Gasteiger partial charge on any atom is 0.273 e. The highest BCUT2D eigenvalue weighted by atomic mass is 32.1. The summed E-state index contributed by atoms with van der Waals surface area (Å²) in [4.78, 5) is 29.3. The molecular weight excluding hydrogens is 364 g/mol. The second-order valence-corrected chi connectivity index (χ2v) is 8.08. The summed E-state index contributed by atoms with van der Waals surface area (Å²) in [5.74, 6) is 1.23. The first-order chi connectivity index (χ1) is 13.1. The number of rotatable bonds is 3. The smallest absolute Gasteiger partial charge is 0.273 e. The molecule has 138 valence electrons. The number of carbonyl (C=O) groups excluding carboxylic acids is 1. The molecule has 2 fully saturated rings. The fourth-order valence-electron chi connectivity index (χ4n) is 4.15. The van der Waals surface area contributed by atoms with Crippen molar-refractivity contribution >= 4 is 17.2 Å². The number of carbonyl (C=O) groups is 1. The molecule has 2 saturated heterocycles. The minimum Gasteiger partial charge on any atom is -0.337 e. The topological polar surface area (TPSA) is 88.3 Å². The summed E-state index contributed by atoms with van der Waals surface area (Å²) in [6, 6.07) is 3.80. The molecular formula is C18H18N6O2S. The maximum atomic E-state index is 12.4. The van der Waals surface area contributed by atoms with Gasteiger partial charge in [-0.2, -0.15) is 4.98 Å². The summed E-state index contributed by atoms with van der Waals surface area (Å²) in [5.41, 5.74) is 3.21. The van der Waals surface area contributed by atoms with Gasteiger partial charge in [-0.05, 0) is 25.6 Å². The highest BCUT2D eigenvalue weighted by Crippen LogP contribution is 2.47. The number of hydrogen-bond donors (Lipinski definition) is 0. The average molecular weight is 382 g/mol. The monoisotopic (exact) mass is 382 g/mol. The molecule has 1 spiro atoms. The number of aromatic nitrogens is 4. The average Bonchev–Trinajstić information content (AvgIpc) is 3.40. The third-order valence-electron chi connectivity index (χ3n) is 5.40. The lowest BCUT2D eigenvalue weighted by molar-refractivity contribution is 0.0110. The van der Waals surface area contributed by atoms with Crippen LogP contribution in [0.3, 0.4) is 0 Å². The molecule has 0 saturated carbocycles. The zero-order chi connectivity index (χ0) is 18.4. The van der Waals surface area contributed by atoms with Gasteiger partial charge in [0.1, 0.15) is 5.69 Å². The van der Waals surface area contributed by atoms with E-state index in [9.17, 15) is 4.79 Å². The van der Waals surface area contributed by atoms with Crippen molar-refractivity contribution in [1.82, 2.24) is 29.9 Å². The van der Waals surface area contributed by atoms with Crippen LogP contribution in [0.5, 0.6) is 0 Å². The van der Waals surface area contributed by atoms with Crippen LogP contribution in [0, 0.1) is 5.41 Å². The predicted molar refractivity (Wildman–Crippen MR) is 98.0 cm³/mol. The minimum atomic E-state index is 0.0192. The van der Waals surface area contributed by atoms with Crippen LogP contribution in [0.2, 0.25) is 0 Å². The lowest BCUT2D eigenvalue weighted by Gasteiger charge is -2.47. The Bertz CT molecular complexity index is 951. The van der Waals surface area contributed by atoms with Gasteiger partial charge in [0, 0.05) is 48.4 Å². The van der Waals surface area contributed by atoms with Crippen molar-refractivity contribution in [2.45, 2.75) is 12.5 Å².